The molecule has 0 spiro atoms. The van der Waals surface area contributed by atoms with Gasteiger partial charge in [-0.1, -0.05) is 30.3 Å². The van der Waals surface area contributed by atoms with Crippen molar-refractivity contribution in [3.05, 3.63) is 35.9 Å². The highest BCUT2D eigenvalue weighted by atomic mass is 32.2. The average molecular weight is 239 g/mol. The smallest absolute Gasteiger partial charge is 0.0517 e. The molecule has 90 valence electrons. The summed E-state index contributed by atoms with van der Waals surface area (Å²) in [6.07, 6.45) is 0. The van der Waals surface area contributed by atoms with E-state index in [2.05, 4.69) is 0 Å². The van der Waals surface area contributed by atoms with Crippen LogP contribution < -0.4 is 5.73 Å². The molecule has 2 N–H and O–H groups in total. The van der Waals surface area contributed by atoms with Crippen molar-refractivity contribution in [1.82, 2.24) is 0 Å². The summed E-state index contributed by atoms with van der Waals surface area (Å²) in [6, 6.07) is 9.69. The van der Waals surface area contributed by atoms with Crippen LogP contribution in [-0.4, -0.2) is 14.2 Å². The molecule has 16 heavy (non-hydrogen) atoms. The molecule has 1 rings (SSSR count). The fraction of sp³-hybridized carbons (Fsp3) is 0.538. The third-order valence-corrected chi connectivity index (χ3v) is 4.81. The van der Waals surface area contributed by atoms with Gasteiger partial charge in [0, 0.05) is 21.6 Å². The Labute approximate surface area is 101 Å². The van der Waals surface area contributed by atoms with Gasteiger partial charge in [-0.3, -0.25) is 4.21 Å². The molecule has 3 heteroatoms. The molecular formula is C13H21NOS. The Morgan fingerprint density at radius 3 is 2.12 bits per heavy atom. The maximum atomic E-state index is 12.2. The van der Waals surface area contributed by atoms with Crippen molar-refractivity contribution in [3.8, 4) is 0 Å². The van der Waals surface area contributed by atoms with Gasteiger partial charge in [-0.25, -0.2) is 0 Å². The molecule has 2 nitrogen and oxygen atoms in total. The van der Waals surface area contributed by atoms with Gasteiger partial charge in [-0.2, -0.15) is 0 Å². The van der Waals surface area contributed by atoms with E-state index in [1.807, 2.05) is 58.0 Å². The van der Waals surface area contributed by atoms with E-state index in [1.54, 1.807) is 0 Å². The Balaban J connectivity index is 2.83. The molecule has 0 aliphatic carbocycles. The topological polar surface area (TPSA) is 43.1 Å². The van der Waals surface area contributed by atoms with Gasteiger partial charge in [0.2, 0.25) is 0 Å². The summed E-state index contributed by atoms with van der Waals surface area (Å²) in [7, 11) is -0.938. The van der Waals surface area contributed by atoms with Crippen molar-refractivity contribution in [2.45, 2.75) is 43.7 Å². The molecule has 0 aliphatic rings. The van der Waals surface area contributed by atoms with E-state index in [9.17, 15) is 4.21 Å². The van der Waals surface area contributed by atoms with Crippen LogP contribution >= 0.6 is 0 Å². The first-order chi connectivity index (χ1) is 7.34. The van der Waals surface area contributed by atoms with Gasteiger partial charge in [-0.15, -0.1) is 0 Å². The maximum Gasteiger partial charge on any atom is 0.0517 e. The normalized spacial score (nSPS) is 17.8. The molecule has 0 amide bonds. The van der Waals surface area contributed by atoms with Gasteiger partial charge in [0.25, 0.3) is 0 Å². The maximum absolute atomic E-state index is 12.2. The molecular weight excluding hydrogens is 218 g/mol. The second kappa shape index (κ2) is 5.11. The van der Waals surface area contributed by atoms with Crippen LogP contribution in [0.4, 0.5) is 0 Å². The summed E-state index contributed by atoms with van der Waals surface area (Å²) in [5.41, 5.74) is 7.19. The van der Waals surface area contributed by atoms with Crippen molar-refractivity contribution in [1.29, 1.82) is 0 Å². The molecule has 0 radical (unpaired) electrons. The van der Waals surface area contributed by atoms with Crippen LogP contribution in [0.1, 0.15) is 39.3 Å². The fourth-order valence-corrected chi connectivity index (χ4v) is 3.18. The summed E-state index contributed by atoms with van der Waals surface area (Å²) in [4.78, 5) is 0. The SMILES string of the molecule is CC(C(N)c1ccccc1)S(=O)C(C)(C)C. The molecule has 0 saturated carbocycles. The van der Waals surface area contributed by atoms with Crippen molar-refractivity contribution < 1.29 is 4.21 Å². The predicted octanol–water partition coefficient (Wildman–Crippen LogP) is 2.62. The monoisotopic (exact) mass is 239 g/mol. The van der Waals surface area contributed by atoms with Crippen LogP contribution in [0.15, 0.2) is 30.3 Å². The Morgan fingerprint density at radius 2 is 1.69 bits per heavy atom. The highest BCUT2D eigenvalue weighted by Gasteiger charge is 2.29. The largest absolute Gasteiger partial charge is 0.323 e. The first kappa shape index (κ1) is 13.4. The zero-order valence-electron chi connectivity index (χ0n) is 10.4. The van der Waals surface area contributed by atoms with Crippen LogP contribution in [0.5, 0.6) is 0 Å². The van der Waals surface area contributed by atoms with E-state index in [0.717, 1.165) is 5.56 Å². The van der Waals surface area contributed by atoms with Crippen LogP contribution in [0.2, 0.25) is 0 Å². The number of hydrogen-bond acceptors (Lipinski definition) is 2. The molecule has 1 aromatic rings. The summed E-state index contributed by atoms with van der Waals surface area (Å²) in [5, 5.41) is -0.0394. The molecule has 3 atom stereocenters. The van der Waals surface area contributed by atoms with Crippen LogP contribution in [-0.2, 0) is 10.8 Å². The first-order valence-electron chi connectivity index (χ1n) is 5.55. The van der Waals surface area contributed by atoms with Gasteiger partial charge >= 0.3 is 0 Å². The second-order valence-corrected chi connectivity index (χ2v) is 7.61. The van der Waals surface area contributed by atoms with Gasteiger partial charge in [-0.05, 0) is 33.3 Å². The summed E-state index contributed by atoms with van der Waals surface area (Å²) >= 11 is 0. The highest BCUT2D eigenvalue weighted by Crippen LogP contribution is 2.24. The molecule has 1 aromatic carbocycles. The Hall–Kier alpha value is -0.670. The van der Waals surface area contributed by atoms with E-state index in [-0.39, 0.29) is 16.0 Å². The third kappa shape index (κ3) is 3.16. The lowest BCUT2D eigenvalue weighted by molar-refractivity contribution is 0.611. The molecule has 0 saturated heterocycles. The lowest BCUT2D eigenvalue weighted by atomic mass is 10.1. The van der Waals surface area contributed by atoms with E-state index in [4.69, 9.17) is 5.73 Å². The standard InChI is InChI=1S/C13H21NOS/c1-10(16(15)13(2,3)4)12(14)11-8-6-5-7-9-11/h5-10,12H,14H2,1-4H3. The molecule has 0 bridgehead atoms. The number of rotatable bonds is 3. The number of benzene rings is 1. The predicted molar refractivity (Wildman–Crippen MR) is 70.7 cm³/mol. The van der Waals surface area contributed by atoms with Crippen molar-refractivity contribution in [2.24, 2.45) is 5.73 Å². The quantitative estimate of drug-likeness (QED) is 0.881. The van der Waals surface area contributed by atoms with Crippen molar-refractivity contribution >= 4 is 10.8 Å². The van der Waals surface area contributed by atoms with Gasteiger partial charge < -0.3 is 5.73 Å². The van der Waals surface area contributed by atoms with E-state index >= 15 is 0 Å². The zero-order chi connectivity index (χ0) is 12.3. The molecule has 3 unspecified atom stereocenters. The van der Waals surface area contributed by atoms with Crippen LogP contribution in [0.3, 0.4) is 0 Å². The minimum Gasteiger partial charge on any atom is -0.323 e. The fourth-order valence-electron chi connectivity index (χ4n) is 1.64. The Morgan fingerprint density at radius 1 is 1.19 bits per heavy atom. The average Bonchev–Trinajstić information content (AvgIpc) is 2.26. The third-order valence-electron chi connectivity index (χ3n) is 2.63. The molecule has 0 aliphatic heterocycles. The van der Waals surface area contributed by atoms with E-state index in [1.165, 1.54) is 0 Å². The number of hydrogen-bond donors (Lipinski definition) is 1. The minimum absolute atomic E-state index is 0.0394. The summed E-state index contributed by atoms with van der Waals surface area (Å²) in [5.74, 6) is 0. The minimum atomic E-state index is -0.938. The van der Waals surface area contributed by atoms with Crippen molar-refractivity contribution in [3.63, 3.8) is 0 Å². The lowest BCUT2D eigenvalue weighted by Crippen LogP contribution is -2.36. The zero-order valence-corrected chi connectivity index (χ0v) is 11.3. The second-order valence-electron chi connectivity index (χ2n) is 5.05. The van der Waals surface area contributed by atoms with Gasteiger partial charge in [0.15, 0.2) is 0 Å². The highest BCUT2D eigenvalue weighted by molar-refractivity contribution is 7.87. The molecule has 0 aromatic heterocycles. The van der Waals surface area contributed by atoms with Crippen molar-refractivity contribution in [2.75, 3.05) is 0 Å². The van der Waals surface area contributed by atoms with Gasteiger partial charge in [0.1, 0.15) is 0 Å². The molecule has 0 fully saturated rings. The Bertz CT molecular complexity index is 356. The molecule has 0 heterocycles. The van der Waals surface area contributed by atoms with E-state index in [0.29, 0.717) is 0 Å². The summed E-state index contributed by atoms with van der Waals surface area (Å²) in [6.45, 7) is 7.91. The van der Waals surface area contributed by atoms with E-state index < -0.39 is 10.8 Å². The van der Waals surface area contributed by atoms with Crippen LogP contribution in [0.25, 0.3) is 0 Å². The lowest BCUT2D eigenvalue weighted by Gasteiger charge is -2.27. The Kier molecular flexibility index (Phi) is 4.28. The van der Waals surface area contributed by atoms with Crippen LogP contribution in [0, 0.1) is 0 Å². The summed E-state index contributed by atoms with van der Waals surface area (Å²) < 4.78 is 12.0. The van der Waals surface area contributed by atoms with Gasteiger partial charge in [0.05, 0.1) is 5.25 Å². The number of nitrogens with two attached hydrogens (primary N) is 1. The first-order valence-corrected chi connectivity index (χ1v) is 6.76.